The maximum atomic E-state index is 13.8. The van der Waals surface area contributed by atoms with Gasteiger partial charge in [0, 0.05) is 22.5 Å². The van der Waals surface area contributed by atoms with E-state index in [9.17, 15) is 9.18 Å². The smallest absolute Gasteiger partial charge is 0.256 e. The highest BCUT2D eigenvalue weighted by atomic mass is 79.9. The summed E-state index contributed by atoms with van der Waals surface area (Å²) in [6.07, 6.45) is 1.87. The van der Waals surface area contributed by atoms with Gasteiger partial charge in [-0.1, -0.05) is 29.8 Å². The maximum absolute atomic E-state index is 13.8. The number of carbonyl (C=O) groups is 1. The second kappa shape index (κ2) is 8.07. The summed E-state index contributed by atoms with van der Waals surface area (Å²) in [5.74, 6) is 0.243. The fraction of sp³-hybridized carbons (Fsp3) is 0.353. The molecule has 0 saturated carbocycles. The molecule has 128 valence electrons. The molecule has 0 bridgehead atoms. The Hall–Kier alpha value is -1.47. The van der Waals surface area contributed by atoms with E-state index in [1.165, 1.54) is 17.8 Å². The van der Waals surface area contributed by atoms with Crippen molar-refractivity contribution in [2.45, 2.75) is 38.3 Å². The quantitative estimate of drug-likeness (QED) is 0.582. The Morgan fingerprint density at radius 1 is 1.38 bits per heavy atom. The zero-order valence-corrected chi connectivity index (χ0v) is 16.4. The molecule has 0 spiro atoms. The second-order valence-corrected chi connectivity index (χ2v) is 7.34. The van der Waals surface area contributed by atoms with Gasteiger partial charge in [0.25, 0.3) is 5.91 Å². The van der Waals surface area contributed by atoms with Gasteiger partial charge in [0.05, 0.1) is 11.3 Å². The van der Waals surface area contributed by atoms with Crippen LogP contribution < -0.4 is 5.32 Å². The first-order valence-electron chi connectivity index (χ1n) is 7.48. The molecule has 24 heavy (non-hydrogen) atoms. The van der Waals surface area contributed by atoms with Crippen LogP contribution in [0.15, 0.2) is 27.7 Å². The van der Waals surface area contributed by atoms with E-state index in [2.05, 4.69) is 31.2 Å². The van der Waals surface area contributed by atoms with Crippen molar-refractivity contribution in [3.63, 3.8) is 0 Å². The minimum Gasteiger partial charge on any atom is -0.348 e. The van der Waals surface area contributed by atoms with Crippen molar-refractivity contribution >= 4 is 33.6 Å². The molecule has 1 amide bonds. The van der Waals surface area contributed by atoms with Crippen LogP contribution in [0.2, 0.25) is 0 Å². The first-order chi connectivity index (χ1) is 11.3. The van der Waals surface area contributed by atoms with Crippen LogP contribution in [-0.2, 0) is 6.54 Å². The van der Waals surface area contributed by atoms with Gasteiger partial charge in [-0.25, -0.2) is 14.4 Å². The monoisotopic (exact) mass is 411 g/mol. The van der Waals surface area contributed by atoms with Gasteiger partial charge in [0.15, 0.2) is 0 Å². The molecule has 1 heterocycles. The number of benzene rings is 1. The number of halogens is 2. The summed E-state index contributed by atoms with van der Waals surface area (Å²) in [4.78, 5) is 21.4. The van der Waals surface area contributed by atoms with Crippen LogP contribution in [0.5, 0.6) is 0 Å². The lowest BCUT2D eigenvalue weighted by atomic mass is 10.1. The summed E-state index contributed by atoms with van der Waals surface area (Å²) in [7, 11) is 0. The third-order valence-electron chi connectivity index (χ3n) is 3.46. The molecule has 0 atom stereocenters. The second-order valence-electron chi connectivity index (χ2n) is 5.62. The summed E-state index contributed by atoms with van der Waals surface area (Å²) >= 11 is 4.70. The van der Waals surface area contributed by atoms with Gasteiger partial charge in [-0.05, 0) is 31.4 Å². The number of aromatic nitrogens is 2. The first kappa shape index (κ1) is 18.9. The summed E-state index contributed by atoms with van der Waals surface area (Å²) in [5.41, 5.74) is 1.49. The fourth-order valence-electron chi connectivity index (χ4n) is 2.18. The van der Waals surface area contributed by atoms with E-state index in [1.54, 1.807) is 19.1 Å². The normalized spacial score (nSPS) is 11.0. The number of amides is 1. The SMILES string of the molecule is CSc1nc(C(C)C)nc(C)c1C(=O)NCc1cc(Br)ccc1F. The number of hydrogen-bond donors (Lipinski definition) is 1. The summed E-state index contributed by atoms with van der Waals surface area (Å²) in [6, 6.07) is 4.64. The lowest BCUT2D eigenvalue weighted by molar-refractivity contribution is 0.0945. The van der Waals surface area contributed by atoms with E-state index >= 15 is 0 Å². The average Bonchev–Trinajstić information content (AvgIpc) is 2.54. The Morgan fingerprint density at radius 3 is 2.71 bits per heavy atom. The Bertz CT molecular complexity index is 768. The molecule has 2 aromatic rings. The van der Waals surface area contributed by atoms with Crippen molar-refractivity contribution in [3.8, 4) is 0 Å². The summed E-state index contributed by atoms with van der Waals surface area (Å²) in [5, 5.41) is 3.39. The highest BCUT2D eigenvalue weighted by Gasteiger charge is 2.19. The Morgan fingerprint density at radius 2 is 2.08 bits per heavy atom. The maximum Gasteiger partial charge on any atom is 0.256 e. The number of hydrogen-bond acceptors (Lipinski definition) is 4. The molecule has 4 nitrogen and oxygen atoms in total. The van der Waals surface area contributed by atoms with Crippen LogP contribution >= 0.6 is 27.7 Å². The topological polar surface area (TPSA) is 54.9 Å². The van der Waals surface area contributed by atoms with Crippen molar-refractivity contribution in [3.05, 3.63) is 51.1 Å². The minimum atomic E-state index is -0.355. The van der Waals surface area contributed by atoms with Crippen molar-refractivity contribution in [2.75, 3.05) is 6.26 Å². The van der Waals surface area contributed by atoms with Gasteiger partial charge in [-0.3, -0.25) is 4.79 Å². The Kier molecular flexibility index (Phi) is 6.34. The zero-order chi connectivity index (χ0) is 17.9. The molecule has 0 aliphatic rings. The Labute approximate surface area is 153 Å². The molecule has 1 aromatic heterocycles. The molecule has 0 saturated heterocycles. The summed E-state index contributed by atoms with van der Waals surface area (Å²) in [6.45, 7) is 5.91. The van der Waals surface area contributed by atoms with Gasteiger partial charge in [-0.2, -0.15) is 0 Å². The van der Waals surface area contributed by atoms with Crippen LogP contribution in [0, 0.1) is 12.7 Å². The third kappa shape index (κ3) is 4.33. The predicted molar refractivity (Wildman–Crippen MR) is 97.9 cm³/mol. The van der Waals surface area contributed by atoms with Gasteiger partial charge >= 0.3 is 0 Å². The van der Waals surface area contributed by atoms with Gasteiger partial charge in [0.2, 0.25) is 0 Å². The standard InChI is InChI=1S/C17H19BrFN3OS/c1-9(2)15-21-10(3)14(17(22-15)24-4)16(23)20-8-11-7-12(18)5-6-13(11)19/h5-7,9H,8H2,1-4H3,(H,20,23). The number of thioether (sulfide) groups is 1. The predicted octanol–water partition coefficient (Wildman–Crippen LogP) is 4.46. The van der Waals surface area contributed by atoms with Crippen molar-refractivity contribution in [1.29, 1.82) is 0 Å². The summed E-state index contributed by atoms with van der Waals surface area (Å²) < 4.78 is 14.6. The third-order valence-corrected chi connectivity index (χ3v) is 4.63. The lowest BCUT2D eigenvalue weighted by Gasteiger charge is -2.14. The van der Waals surface area contributed by atoms with Gasteiger partial charge in [-0.15, -0.1) is 11.8 Å². The van der Waals surface area contributed by atoms with Crippen molar-refractivity contribution in [1.82, 2.24) is 15.3 Å². The van der Waals surface area contributed by atoms with Crippen molar-refractivity contribution in [2.24, 2.45) is 0 Å². The van der Waals surface area contributed by atoms with Crippen LogP contribution in [0.3, 0.4) is 0 Å². The minimum absolute atomic E-state index is 0.100. The van der Waals surface area contributed by atoms with E-state index < -0.39 is 0 Å². The van der Waals surface area contributed by atoms with E-state index in [4.69, 9.17) is 0 Å². The van der Waals surface area contributed by atoms with Crippen molar-refractivity contribution < 1.29 is 9.18 Å². The molecule has 1 aromatic carbocycles. The number of carbonyl (C=O) groups excluding carboxylic acids is 1. The molecule has 0 unspecified atom stereocenters. The highest BCUT2D eigenvalue weighted by molar-refractivity contribution is 9.10. The number of rotatable bonds is 5. The van der Waals surface area contributed by atoms with Gasteiger partial charge in [0.1, 0.15) is 16.7 Å². The number of nitrogens with zero attached hydrogens (tertiary/aromatic N) is 2. The fourth-order valence-corrected chi connectivity index (χ4v) is 3.22. The molecule has 0 fully saturated rings. The molecular weight excluding hydrogens is 393 g/mol. The van der Waals surface area contributed by atoms with E-state index in [1.807, 2.05) is 20.1 Å². The van der Waals surface area contributed by atoms with E-state index in [-0.39, 0.29) is 24.2 Å². The highest BCUT2D eigenvalue weighted by Crippen LogP contribution is 2.23. The van der Waals surface area contributed by atoms with Gasteiger partial charge < -0.3 is 5.32 Å². The van der Waals surface area contributed by atoms with E-state index in [0.717, 1.165) is 4.47 Å². The molecule has 1 N–H and O–H groups in total. The van der Waals surface area contributed by atoms with Crippen LogP contribution in [0.25, 0.3) is 0 Å². The molecule has 7 heteroatoms. The largest absolute Gasteiger partial charge is 0.348 e. The average molecular weight is 412 g/mol. The molecular formula is C17H19BrFN3OS. The Balaban J connectivity index is 2.25. The van der Waals surface area contributed by atoms with Crippen LogP contribution in [0.1, 0.15) is 47.2 Å². The number of aryl methyl sites for hydroxylation is 1. The van der Waals surface area contributed by atoms with Crippen LogP contribution in [-0.4, -0.2) is 22.1 Å². The molecule has 0 aliphatic heterocycles. The number of nitrogens with one attached hydrogen (secondary N) is 1. The molecule has 0 radical (unpaired) electrons. The molecule has 2 rings (SSSR count). The zero-order valence-electron chi connectivity index (χ0n) is 14.0. The van der Waals surface area contributed by atoms with Crippen LogP contribution in [0.4, 0.5) is 4.39 Å². The lowest BCUT2D eigenvalue weighted by Crippen LogP contribution is -2.26. The van der Waals surface area contributed by atoms with E-state index in [0.29, 0.717) is 27.7 Å². The first-order valence-corrected chi connectivity index (χ1v) is 9.50. The molecule has 0 aliphatic carbocycles.